The van der Waals surface area contributed by atoms with Crippen LogP contribution in [0.1, 0.15) is 10.4 Å². The number of halogens is 1. The Hall–Kier alpha value is -2.93. The summed E-state index contributed by atoms with van der Waals surface area (Å²) in [5.41, 5.74) is 9.42. The van der Waals surface area contributed by atoms with E-state index >= 15 is 0 Å². The van der Waals surface area contributed by atoms with E-state index in [9.17, 15) is 24.3 Å². The van der Waals surface area contributed by atoms with Crippen molar-refractivity contribution < 1.29 is 43.3 Å². The van der Waals surface area contributed by atoms with Crippen LogP contribution in [0.4, 0.5) is 4.39 Å². The molecule has 0 fully saturated rings. The maximum absolute atomic E-state index is 14.0. The van der Waals surface area contributed by atoms with E-state index in [4.69, 9.17) is 25.6 Å². The molecule has 13 heteroatoms. The molecule has 0 saturated heterocycles. The summed E-state index contributed by atoms with van der Waals surface area (Å²) in [5, 5.41) is 31.4. The van der Waals surface area contributed by atoms with E-state index in [2.05, 4.69) is 9.99 Å². The van der Waals surface area contributed by atoms with Crippen molar-refractivity contribution in [2.45, 2.75) is 0 Å². The molecule has 0 aromatic heterocycles. The van der Waals surface area contributed by atoms with Gasteiger partial charge in [-0.3, -0.25) is 0 Å². The third kappa shape index (κ3) is 3.88. The summed E-state index contributed by atoms with van der Waals surface area (Å²) in [4.78, 5) is 16.0. The fourth-order valence-corrected chi connectivity index (χ4v) is 1.87. The molecule has 7 N–H and O–H groups in total. The molecule has 132 valence electrons. The number of oxime groups is 1. The molecule has 0 radical (unpaired) electrons. The van der Waals surface area contributed by atoms with Crippen molar-refractivity contribution in [3.63, 3.8) is 0 Å². The van der Waals surface area contributed by atoms with Crippen LogP contribution >= 0.6 is 0 Å². The van der Waals surface area contributed by atoms with E-state index in [1.807, 2.05) is 0 Å². The van der Waals surface area contributed by atoms with Gasteiger partial charge in [-0.15, -0.1) is 0 Å². The van der Waals surface area contributed by atoms with Gasteiger partial charge in [0.1, 0.15) is 23.7 Å². The standard InChI is InChI=1S/C11H14BFN3O8/c13-5-3-6(21-1-2-23-16-11(14)15)7(10(17)18)9-8(5)22-4-12(19,20)24-9/h3,19-20H,1-2,4H2,(H,17,18)(H4,14,15,16)/q-1. The van der Waals surface area contributed by atoms with Crippen LogP contribution < -0.4 is 25.6 Å². The maximum atomic E-state index is 14.0. The Kier molecular flexibility index (Phi) is 4.85. The molecule has 0 atom stereocenters. The second-order valence-electron chi connectivity index (χ2n) is 4.68. The largest absolute Gasteiger partial charge is 0.665 e. The van der Waals surface area contributed by atoms with Crippen molar-refractivity contribution >= 4 is 18.7 Å². The molecule has 2 rings (SSSR count). The molecule has 0 bridgehead atoms. The second-order valence-corrected chi connectivity index (χ2v) is 4.68. The van der Waals surface area contributed by atoms with E-state index < -0.39 is 47.9 Å². The number of guanidine groups is 1. The number of benzene rings is 1. The van der Waals surface area contributed by atoms with Crippen molar-refractivity contribution in [3.05, 3.63) is 17.4 Å². The summed E-state index contributed by atoms with van der Waals surface area (Å²) in [6.07, 6.45) is 0. The van der Waals surface area contributed by atoms with Gasteiger partial charge >= 0.3 is 12.7 Å². The number of hydrogen-bond acceptors (Lipinski definition) is 8. The number of aromatic carboxylic acids is 1. The van der Waals surface area contributed by atoms with Crippen LogP contribution in [0.25, 0.3) is 0 Å². The Balaban J connectivity index is 2.27. The van der Waals surface area contributed by atoms with Crippen molar-refractivity contribution in [1.82, 2.24) is 0 Å². The smallest absolute Gasteiger partial charge is 0.467 e. The number of carboxylic acid groups (broad SMARTS) is 1. The Morgan fingerprint density at radius 3 is 2.71 bits per heavy atom. The van der Waals surface area contributed by atoms with E-state index in [0.29, 0.717) is 0 Å². The lowest BCUT2D eigenvalue weighted by Crippen LogP contribution is -2.51. The number of fused-ring (bicyclic) bond motifs is 1. The highest BCUT2D eigenvalue weighted by molar-refractivity contribution is 6.58. The summed E-state index contributed by atoms with van der Waals surface area (Å²) >= 11 is 0. The zero-order chi connectivity index (χ0) is 17.9. The minimum absolute atomic E-state index is 0.166. The first-order chi connectivity index (χ1) is 11.2. The molecule has 1 aliphatic heterocycles. The van der Waals surface area contributed by atoms with Gasteiger partial charge in [0.2, 0.25) is 5.96 Å². The first kappa shape index (κ1) is 17.4. The van der Waals surface area contributed by atoms with Crippen LogP contribution in [0.5, 0.6) is 17.2 Å². The molecule has 24 heavy (non-hydrogen) atoms. The van der Waals surface area contributed by atoms with E-state index in [0.717, 1.165) is 6.07 Å². The predicted octanol–water partition coefficient (Wildman–Crippen LogP) is -1.66. The molecular weight excluding hydrogens is 332 g/mol. The van der Waals surface area contributed by atoms with Gasteiger partial charge in [-0.2, -0.15) is 0 Å². The predicted molar refractivity (Wildman–Crippen MR) is 76.9 cm³/mol. The minimum atomic E-state index is -3.48. The van der Waals surface area contributed by atoms with E-state index in [-0.39, 0.29) is 19.2 Å². The molecule has 0 saturated carbocycles. The number of hydrogen-bond donors (Lipinski definition) is 5. The van der Waals surface area contributed by atoms with Gasteiger partial charge in [0.05, 0.1) is 6.51 Å². The molecule has 11 nitrogen and oxygen atoms in total. The first-order valence-corrected chi connectivity index (χ1v) is 6.57. The van der Waals surface area contributed by atoms with Crippen LogP contribution in [-0.4, -0.2) is 53.6 Å². The van der Waals surface area contributed by atoms with Gasteiger partial charge < -0.3 is 45.6 Å². The molecule has 0 unspecified atom stereocenters. The second kappa shape index (κ2) is 6.68. The summed E-state index contributed by atoms with van der Waals surface area (Å²) in [6, 6.07) is 0.765. The summed E-state index contributed by atoms with van der Waals surface area (Å²) in [5.74, 6) is -4.54. The topological polar surface area (TPSA) is 179 Å². The zero-order valence-corrected chi connectivity index (χ0v) is 12.1. The van der Waals surface area contributed by atoms with Crippen LogP contribution in [0.15, 0.2) is 11.2 Å². The normalized spacial score (nSPS) is 14.6. The lowest BCUT2D eigenvalue weighted by atomic mass is 9.80. The van der Waals surface area contributed by atoms with E-state index in [1.165, 1.54) is 0 Å². The molecule has 0 aliphatic carbocycles. The SMILES string of the molecule is NC(N)=NOCCOc1cc(F)c2c(c1C(=O)O)O[B-](O)(O)CO2. The zero-order valence-electron chi connectivity index (χ0n) is 12.1. The fourth-order valence-electron chi connectivity index (χ4n) is 1.87. The third-order valence-corrected chi connectivity index (χ3v) is 2.72. The van der Waals surface area contributed by atoms with Gasteiger partial charge in [-0.1, -0.05) is 0 Å². The molecular formula is C11H14BFN3O8-. The molecule has 1 aromatic carbocycles. The number of nitrogens with zero attached hydrogens (tertiary/aromatic N) is 1. The highest BCUT2D eigenvalue weighted by Gasteiger charge is 2.36. The Morgan fingerprint density at radius 2 is 2.08 bits per heavy atom. The lowest BCUT2D eigenvalue weighted by molar-refractivity contribution is 0.0678. The van der Waals surface area contributed by atoms with Crippen LogP contribution in [0.2, 0.25) is 0 Å². The van der Waals surface area contributed by atoms with Crippen molar-refractivity contribution in [2.24, 2.45) is 16.6 Å². The number of carboxylic acids is 1. The van der Waals surface area contributed by atoms with Gasteiger partial charge in [-0.05, 0) is 5.16 Å². The van der Waals surface area contributed by atoms with E-state index in [1.54, 1.807) is 0 Å². The highest BCUT2D eigenvalue weighted by atomic mass is 19.1. The number of nitrogens with two attached hydrogens (primary N) is 2. The summed E-state index contributed by atoms with van der Waals surface area (Å²) in [6.45, 7) is -4.62. The average molecular weight is 346 g/mol. The highest BCUT2D eigenvalue weighted by Crippen LogP contribution is 2.43. The minimum Gasteiger partial charge on any atom is -0.665 e. The molecule has 1 heterocycles. The maximum Gasteiger partial charge on any atom is 0.467 e. The molecule has 0 amide bonds. The Bertz CT molecular complexity index is 680. The first-order valence-electron chi connectivity index (χ1n) is 6.57. The van der Waals surface area contributed by atoms with Crippen LogP contribution in [0.3, 0.4) is 0 Å². The van der Waals surface area contributed by atoms with Gasteiger partial charge in [-0.25, -0.2) is 9.18 Å². The summed E-state index contributed by atoms with van der Waals surface area (Å²) < 4.78 is 28.7. The monoisotopic (exact) mass is 346 g/mol. The summed E-state index contributed by atoms with van der Waals surface area (Å²) in [7, 11) is 0. The lowest BCUT2D eigenvalue weighted by Gasteiger charge is -2.37. The molecule has 1 aliphatic rings. The van der Waals surface area contributed by atoms with Crippen molar-refractivity contribution in [2.75, 3.05) is 19.7 Å². The number of carbonyl (C=O) groups is 1. The fraction of sp³-hybridized carbons (Fsp3) is 0.273. The van der Waals surface area contributed by atoms with Crippen molar-refractivity contribution in [3.8, 4) is 17.2 Å². The van der Waals surface area contributed by atoms with Gasteiger partial charge in [0, 0.05) is 6.07 Å². The van der Waals surface area contributed by atoms with Crippen LogP contribution in [-0.2, 0) is 4.84 Å². The molecule has 0 spiro atoms. The van der Waals surface area contributed by atoms with Gasteiger partial charge in [0.15, 0.2) is 18.2 Å². The molecule has 1 aromatic rings. The Labute approximate surface area is 134 Å². The quantitative estimate of drug-likeness (QED) is 0.132. The third-order valence-electron chi connectivity index (χ3n) is 2.72. The van der Waals surface area contributed by atoms with Gasteiger partial charge in [0.25, 0.3) is 0 Å². The Morgan fingerprint density at radius 1 is 1.38 bits per heavy atom. The van der Waals surface area contributed by atoms with Crippen LogP contribution in [0, 0.1) is 5.82 Å². The van der Waals surface area contributed by atoms with Crippen molar-refractivity contribution in [1.29, 1.82) is 0 Å². The number of ether oxygens (including phenoxy) is 2. The average Bonchev–Trinajstić information content (AvgIpc) is 2.44. The number of rotatable bonds is 6.